The van der Waals surface area contributed by atoms with Crippen LogP contribution in [0.4, 0.5) is 0 Å². The molecule has 0 N–H and O–H groups in total. The van der Waals surface area contributed by atoms with Crippen molar-refractivity contribution in [3.63, 3.8) is 0 Å². The molecule has 4 heterocycles. The second kappa shape index (κ2) is 12.0. The minimum atomic E-state index is -1.50. The first kappa shape index (κ1) is 28.3. The van der Waals surface area contributed by atoms with Crippen LogP contribution in [0.1, 0.15) is 48.5 Å². The minimum Gasteiger partial charge on any atom is -0.458 e. The summed E-state index contributed by atoms with van der Waals surface area (Å²) in [5, 5.41) is 2.14. The average Bonchev–Trinajstić information content (AvgIpc) is 3.68. The van der Waals surface area contributed by atoms with Crippen LogP contribution in [0.15, 0.2) is 128 Å². The number of hydrogen-bond acceptors (Lipinski definition) is 3. The molecule has 0 amide bonds. The Kier molecular flexibility index (Phi) is 6.95. The first-order chi connectivity index (χ1) is 24.5. The number of imidazole rings is 1. The van der Waals surface area contributed by atoms with Crippen LogP contribution in [0.2, 0.25) is 0 Å². The zero-order chi connectivity index (χ0) is 35.5. The second-order valence-electron chi connectivity index (χ2n) is 13.7. The largest absolute Gasteiger partial charge is 0.458 e. The van der Waals surface area contributed by atoms with Crippen LogP contribution >= 0.6 is 0 Å². The highest BCUT2D eigenvalue weighted by Crippen LogP contribution is 2.35. The van der Waals surface area contributed by atoms with Crippen molar-refractivity contribution in [3.05, 3.63) is 145 Å². The Morgan fingerprint density at radius 1 is 0.735 bits per heavy atom. The Morgan fingerprint density at radius 3 is 2.31 bits per heavy atom. The molecule has 0 bridgehead atoms. The van der Waals surface area contributed by atoms with Gasteiger partial charge in [-0.1, -0.05) is 89.2 Å². The maximum Gasteiger partial charge on any atom is 0.271 e. The maximum absolute atomic E-state index is 8.73. The molecular weight excluding hydrogens is 603 g/mol. The topological polar surface area (TPSA) is 48.8 Å². The van der Waals surface area contributed by atoms with Crippen LogP contribution in [0.3, 0.4) is 0 Å². The molecule has 0 aliphatic carbocycles. The summed E-state index contributed by atoms with van der Waals surface area (Å²) in [6.45, 7) is 10.5. The maximum atomic E-state index is 8.73. The number of nitrogens with zero attached hydrogens (tertiary/aromatic N) is 5. The van der Waals surface area contributed by atoms with E-state index in [1.807, 2.05) is 73.0 Å². The van der Waals surface area contributed by atoms with Crippen molar-refractivity contribution in [1.29, 1.82) is 0 Å². The summed E-state index contributed by atoms with van der Waals surface area (Å²) in [7, 11) is 0. The van der Waals surface area contributed by atoms with Gasteiger partial charge in [0.25, 0.3) is 6.33 Å². The summed E-state index contributed by atoms with van der Waals surface area (Å²) in [6.07, 6.45) is 5.51. The Balaban J connectivity index is 1.19. The molecule has 0 saturated carbocycles. The van der Waals surface area contributed by atoms with Gasteiger partial charge in [0.2, 0.25) is 0 Å². The molecule has 0 spiro atoms. The molecule has 49 heavy (non-hydrogen) atoms. The average molecular weight is 644 g/mol. The molecule has 8 rings (SSSR count). The lowest BCUT2D eigenvalue weighted by Crippen LogP contribution is -2.30. The number of aromatic nitrogens is 5. The molecule has 242 valence electrons. The monoisotopic (exact) mass is 643 g/mol. The lowest BCUT2D eigenvalue weighted by Gasteiger charge is -2.20. The van der Waals surface area contributed by atoms with Gasteiger partial charge in [-0.05, 0) is 77.4 Å². The van der Waals surface area contributed by atoms with Crippen molar-refractivity contribution in [2.75, 3.05) is 0 Å². The van der Waals surface area contributed by atoms with Crippen molar-refractivity contribution in [3.8, 4) is 28.8 Å². The molecule has 6 heteroatoms. The SMILES string of the molecule is [2H]C([2H])(c1ccnc(-n2c3ccccc3c3ccc(Oc4ccnc(-n5[c-][n+](-c6cccc(C(C)(C)C)c6)c6ccccc65)c4)cc32)c1)C(C)C. The predicted octanol–water partition coefficient (Wildman–Crippen LogP) is 9.88. The normalized spacial score (nSPS) is 12.9. The van der Waals surface area contributed by atoms with E-state index >= 15 is 0 Å². The second-order valence-corrected chi connectivity index (χ2v) is 13.7. The van der Waals surface area contributed by atoms with Crippen molar-refractivity contribution in [1.82, 2.24) is 19.1 Å². The van der Waals surface area contributed by atoms with E-state index in [4.69, 9.17) is 17.4 Å². The fourth-order valence-electron chi connectivity index (χ4n) is 6.48. The summed E-state index contributed by atoms with van der Waals surface area (Å²) < 4.78 is 30.1. The van der Waals surface area contributed by atoms with Gasteiger partial charge in [0.05, 0.1) is 27.8 Å². The molecule has 6 nitrogen and oxygen atoms in total. The molecular formula is C43H39N5O. The third-order valence-corrected chi connectivity index (χ3v) is 8.79. The van der Waals surface area contributed by atoms with Gasteiger partial charge in [-0.15, -0.1) is 0 Å². The van der Waals surface area contributed by atoms with Gasteiger partial charge < -0.3 is 4.74 Å². The van der Waals surface area contributed by atoms with Crippen molar-refractivity contribution in [2.24, 2.45) is 5.92 Å². The molecule has 0 unspecified atom stereocenters. The quantitative estimate of drug-likeness (QED) is 0.128. The number of para-hydroxylation sites is 3. The fraction of sp³-hybridized carbons (Fsp3) is 0.186. The van der Waals surface area contributed by atoms with Gasteiger partial charge in [0.15, 0.2) is 5.82 Å². The first-order valence-electron chi connectivity index (χ1n) is 17.7. The third kappa shape index (κ3) is 5.73. The van der Waals surface area contributed by atoms with Crippen molar-refractivity contribution in [2.45, 2.75) is 46.4 Å². The van der Waals surface area contributed by atoms with Crippen molar-refractivity contribution >= 4 is 32.8 Å². The van der Waals surface area contributed by atoms with E-state index in [2.05, 4.69) is 90.8 Å². The number of ether oxygens (including phenoxy) is 1. The van der Waals surface area contributed by atoms with Gasteiger partial charge in [0, 0.05) is 38.0 Å². The van der Waals surface area contributed by atoms with Crippen molar-refractivity contribution < 1.29 is 12.0 Å². The van der Waals surface area contributed by atoms with E-state index < -0.39 is 6.37 Å². The number of fused-ring (bicyclic) bond motifs is 4. The van der Waals surface area contributed by atoms with E-state index in [1.165, 1.54) is 5.56 Å². The zero-order valence-electron chi connectivity index (χ0n) is 30.3. The molecule has 0 radical (unpaired) electrons. The lowest BCUT2D eigenvalue weighted by atomic mass is 9.87. The summed E-state index contributed by atoms with van der Waals surface area (Å²) in [6, 6.07) is 38.5. The standard InChI is InChI=1S/C43H39N5O/c1-29(2)23-30-19-21-45-42(24-30)48-37-14-7-6-13-35(37)36-18-17-33(26-40(36)48)49-34-20-22-44-41(27-34)47-28-46(38-15-8-9-16-39(38)47)32-12-10-11-31(25-32)43(3,4)5/h6-22,24-27,29H,23H2,1-5H3/i23D2. The van der Waals surface area contributed by atoms with E-state index in [1.54, 1.807) is 18.5 Å². The molecule has 8 aromatic rings. The van der Waals surface area contributed by atoms with Gasteiger partial charge in [-0.25, -0.2) is 4.98 Å². The summed E-state index contributed by atoms with van der Waals surface area (Å²) >= 11 is 0. The van der Waals surface area contributed by atoms with Crippen LogP contribution in [0, 0.1) is 12.2 Å². The molecule has 0 fully saturated rings. The van der Waals surface area contributed by atoms with Crippen LogP contribution in [0.5, 0.6) is 11.5 Å². The van der Waals surface area contributed by atoms with Crippen LogP contribution in [-0.2, 0) is 11.8 Å². The van der Waals surface area contributed by atoms with E-state index in [0.29, 0.717) is 28.7 Å². The molecule has 4 aromatic heterocycles. The Bertz CT molecular complexity index is 2580. The number of benzene rings is 4. The molecule has 0 aliphatic heterocycles. The van der Waals surface area contributed by atoms with Gasteiger partial charge >= 0.3 is 0 Å². The van der Waals surface area contributed by atoms with Gasteiger partial charge in [-0.2, -0.15) is 0 Å². The van der Waals surface area contributed by atoms with Crippen LogP contribution in [-0.4, -0.2) is 19.1 Å². The number of rotatable bonds is 7. The summed E-state index contributed by atoms with van der Waals surface area (Å²) in [5.74, 6) is 2.45. The fourth-order valence-corrected chi connectivity index (χ4v) is 6.48. The summed E-state index contributed by atoms with van der Waals surface area (Å²) in [5.41, 5.74) is 6.81. The number of hydrogen-bond donors (Lipinski definition) is 0. The van der Waals surface area contributed by atoms with E-state index in [0.717, 1.165) is 38.5 Å². The molecule has 0 aliphatic rings. The number of pyridine rings is 2. The molecule has 0 atom stereocenters. The first-order valence-corrected chi connectivity index (χ1v) is 16.7. The summed E-state index contributed by atoms with van der Waals surface area (Å²) in [4.78, 5) is 9.45. The van der Waals surface area contributed by atoms with Gasteiger partial charge in [-0.3, -0.25) is 18.7 Å². The predicted molar refractivity (Wildman–Crippen MR) is 197 cm³/mol. The highest BCUT2D eigenvalue weighted by atomic mass is 16.5. The zero-order valence-corrected chi connectivity index (χ0v) is 28.3. The Hall–Kier alpha value is -5.75. The van der Waals surface area contributed by atoms with Gasteiger partial charge in [0.1, 0.15) is 17.3 Å². The third-order valence-electron chi connectivity index (χ3n) is 8.79. The minimum absolute atomic E-state index is 0.0175. The highest BCUT2D eigenvalue weighted by molar-refractivity contribution is 6.09. The Labute approximate surface area is 289 Å². The Morgan fingerprint density at radius 2 is 1.47 bits per heavy atom. The molecule has 0 saturated heterocycles. The van der Waals surface area contributed by atoms with Crippen LogP contribution < -0.4 is 9.30 Å². The highest BCUT2D eigenvalue weighted by Gasteiger charge is 2.18. The molecule has 4 aromatic carbocycles. The lowest BCUT2D eigenvalue weighted by molar-refractivity contribution is -0.572. The smallest absolute Gasteiger partial charge is 0.271 e. The van der Waals surface area contributed by atoms with E-state index in [-0.39, 0.29) is 11.3 Å². The van der Waals surface area contributed by atoms with E-state index in [9.17, 15) is 0 Å². The van der Waals surface area contributed by atoms with Crippen LogP contribution in [0.25, 0.3) is 50.2 Å².